The predicted octanol–water partition coefficient (Wildman–Crippen LogP) is 19.9. The molecule has 6 atom stereocenters. The first-order valence-corrected chi connectivity index (χ1v) is 49.5. The number of pyridine rings is 1. The van der Waals surface area contributed by atoms with Gasteiger partial charge in [-0.25, -0.2) is 15.0 Å². The second kappa shape index (κ2) is 52.3. The molecule has 0 saturated heterocycles. The normalized spacial score (nSPS) is 13.2. The molecule has 0 radical (unpaired) electrons. The van der Waals surface area contributed by atoms with Crippen LogP contribution in [0.3, 0.4) is 0 Å². The van der Waals surface area contributed by atoms with E-state index in [1.807, 2.05) is 91.0 Å². The molecule has 16 N–H and O–H groups in total. The molecule has 1 aliphatic rings. The number of benzene rings is 12. The van der Waals surface area contributed by atoms with Crippen molar-refractivity contribution in [1.82, 2.24) is 66.7 Å². The smallest absolute Gasteiger partial charge is 0.288 e. The van der Waals surface area contributed by atoms with Crippen LogP contribution < -0.4 is 54.8 Å². The highest BCUT2D eigenvalue weighted by Crippen LogP contribution is 2.31. The Morgan fingerprint density at radius 1 is 0.385 bits per heavy atom. The number of para-hydroxylation sites is 1. The minimum absolute atomic E-state index is 0.0552. The van der Waals surface area contributed by atoms with E-state index in [-0.39, 0.29) is 55.3 Å². The molecule has 12 aromatic carbocycles. The number of halogens is 9. The number of nitrogens with two attached hydrogens (primary N) is 4. The zero-order valence-corrected chi connectivity index (χ0v) is 86.1. The van der Waals surface area contributed by atoms with Crippen LogP contribution >= 0.6 is 127 Å². The largest absolute Gasteiger partial charge is 0.383 e. The van der Waals surface area contributed by atoms with Gasteiger partial charge in [0.05, 0.1) is 58.1 Å². The molecule has 0 saturated carbocycles. The van der Waals surface area contributed by atoms with Crippen molar-refractivity contribution in [3.8, 4) is 0 Å². The molecule has 148 heavy (non-hydrogen) atoms. The highest BCUT2D eigenvalue weighted by atomic mass is 127. The number of amides is 9. The molecular weight excluding hydrogens is 2180 g/mol. The van der Waals surface area contributed by atoms with Gasteiger partial charge in [-0.3, -0.25) is 58.2 Å². The topological polar surface area (TPSA) is 488 Å². The lowest BCUT2D eigenvalue weighted by molar-refractivity contribution is -0.128. The number of rotatable bonds is 24. The first-order valence-electron chi connectivity index (χ1n) is 44.6. The third kappa shape index (κ3) is 30.4. The number of anilines is 1. The number of carbonyl (C=O) groups excluding carboxylic acids is 9. The van der Waals surface area contributed by atoms with Crippen molar-refractivity contribution in [2.24, 2.45) is 42.9 Å². The standard InChI is InChI=1S/C25H23ClN4O2.C23H17ClIN5O2.C23H18ClN5O2.C19H14Cl2N4O2S.C17H11Cl3N4O/c26-19-13-10-17(11-14-19)22(25(32)30-23(27)18-7-2-1-3-8-18)29-24(31)21-15-12-16-6-4-5-9-20(16)28-21;24-15-8-6-13(7-9-15)19(22(31)30-20(26)14-4-2-1-3-5-14)29-23(32)21-27-17-11-10-16(25)12-18(17)28-21;24-18-9-6-14(7-10-18)20(23(31)28-21(25)15-4-2-1-3-5-15)27-22(30)16-8-11-19-17(12-16)13-26-29-19;20-13-8-6-11(7-9-13)15(24-17(26)14-10-23-19(21)28-14)18(27)25-16(22)12-4-2-1-3-5-12;18-11-3-1-10(2-4-11)16(13-6-5-12(19)7-22-13)24-17(25)14-8-21-9-15(20)23-14/h1-11,13-14,21-22,28H,12,15H2,(H,29,31)(H2,27,30,32);1-12,19H,(H,27,28)(H,29,32)(H2,26,30,31);1-13,20H,(H,26,29)(H,27,30)(H2,25,28,31);1-10,15H,(H,24,26)(H2,22,25,27);1-9,16H,(H,24,25)/t;;;;16-/m....0/s1. The third-order valence-corrected chi connectivity index (χ3v) is 25.4. The number of fused-ring (bicyclic) bond motifs is 3. The fraction of sp³-hybridized carbons (Fsp3) is 0.0748. The maximum atomic E-state index is 13.1. The molecule has 31 nitrogen and oxygen atoms in total. The van der Waals surface area contributed by atoms with Gasteiger partial charge in [-0.05, 0) is 184 Å². The van der Waals surface area contributed by atoms with Crippen LogP contribution in [0.2, 0.25) is 39.8 Å². The summed E-state index contributed by atoms with van der Waals surface area (Å²) in [5, 5.41) is 28.0. The fourth-order valence-corrected chi connectivity index (χ4v) is 16.6. The molecule has 0 fully saturated rings. The Hall–Kier alpha value is -15.8. The van der Waals surface area contributed by atoms with Crippen LogP contribution in [-0.4, -0.2) is 123 Å². The summed E-state index contributed by atoms with van der Waals surface area (Å²) in [6.45, 7) is 0. The van der Waals surface area contributed by atoms with Crippen LogP contribution in [0.5, 0.6) is 0 Å². The highest BCUT2D eigenvalue weighted by Gasteiger charge is 2.33. The van der Waals surface area contributed by atoms with Crippen molar-refractivity contribution in [2.45, 2.75) is 49.1 Å². The lowest BCUT2D eigenvalue weighted by Crippen LogP contribution is -2.45. The third-order valence-electron chi connectivity index (χ3n) is 21.9. The summed E-state index contributed by atoms with van der Waals surface area (Å²) in [4.78, 5) is 156. The summed E-state index contributed by atoms with van der Waals surface area (Å²) in [7, 11) is 0. The van der Waals surface area contributed by atoms with E-state index < -0.39 is 83.5 Å². The molecule has 0 spiro atoms. The van der Waals surface area contributed by atoms with Crippen LogP contribution in [0.25, 0.3) is 21.9 Å². The summed E-state index contributed by atoms with van der Waals surface area (Å²) in [5.74, 6) is -4.19. The van der Waals surface area contributed by atoms with Gasteiger partial charge in [-0.2, -0.15) is 25.1 Å². The van der Waals surface area contributed by atoms with E-state index in [9.17, 15) is 43.2 Å². The van der Waals surface area contributed by atoms with Gasteiger partial charge >= 0.3 is 0 Å². The Balaban J connectivity index is 0.000000146. The molecular formula is C107H83Cl8IN22O9S. The van der Waals surface area contributed by atoms with Crippen LogP contribution in [0.4, 0.5) is 5.69 Å². The number of H-pyrrole nitrogens is 2. The number of aliphatic imine (C=N–C) groups is 4. The summed E-state index contributed by atoms with van der Waals surface area (Å²) in [6, 6.07) is 86.2. The Morgan fingerprint density at radius 2 is 0.818 bits per heavy atom. The molecule has 0 aliphatic carbocycles. The number of aryl methyl sites for hydroxylation is 1. The average molecular weight is 2260 g/mol. The minimum Gasteiger partial charge on any atom is -0.383 e. The van der Waals surface area contributed by atoms with E-state index >= 15 is 0 Å². The Morgan fingerprint density at radius 3 is 1.26 bits per heavy atom. The van der Waals surface area contributed by atoms with Crippen molar-refractivity contribution in [3.05, 3.63) is 473 Å². The van der Waals surface area contributed by atoms with Crippen LogP contribution in [0.1, 0.15) is 139 Å². The zero-order valence-electron chi connectivity index (χ0n) is 77.1. The molecule has 5 aromatic heterocycles. The van der Waals surface area contributed by atoms with Gasteiger partial charge in [0.15, 0.2) is 10.3 Å². The Labute approximate surface area is 903 Å². The van der Waals surface area contributed by atoms with Gasteiger partial charge in [0.1, 0.15) is 69.3 Å². The van der Waals surface area contributed by atoms with Gasteiger partial charge in [0.2, 0.25) is 5.91 Å². The van der Waals surface area contributed by atoms with Crippen LogP contribution in [0, 0.1) is 3.57 Å². The van der Waals surface area contributed by atoms with E-state index in [4.69, 9.17) is 116 Å². The van der Waals surface area contributed by atoms with Gasteiger partial charge < -0.3 is 59.8 Å². The Bertz CT molecular complexity index is 7700. The quantitative estimate of drug-likeness (QED) is 0.0152. The lowest BCUT2D eigenvalue weighted by atomic mass is 9.97. The zero-order chi connectivity index (χ0) is 105. The molecule has 18 rings (SSSR count). The van der Waals surface area contributed by atoms with Gasteiger partial charge in [0, 0.05) is 73.8 Å². The second-order valence-electron chi connectivity index (χ2n) is 32.0. The van der Waals surface area contributed by atoms with Crippen LogP contribution in [-0.2, 0) is 30.4 Å². The molecule has 17 aromatic rings. The number of nitrogens with one attached hydrogen (secondary N) is 8. The molecule has 744 valence electrons. The average Bonchev–Trinajstić information content (AvgIpc) is 1.71. The summed E-state index contributed by atoms with van der Waals surface area (Å²) < 4.78 is 1.23. The van der Waals surface area contributed by atoms with Gasteiger partial charge in [0.25, 0.3) is 47.3 Å². The number of hydrogen-bond donors (Lipinski definition) is 12. The lowest BCUT2D eigenvalue weighted by Gasteiger charge is -2.27. The molecule has 41 heteroatoms. The van der Waals surface area contributed by atoms with E-state index in [1.165, 1.54) is 30.4 Å². The fourth-order valence-electron chi connectivity index (χ4n) is 14.4. The number of thiazole rings is 1. The molecule has 0 bridgehead atoms. The molecule has 5 unspecified atom stereocenters. The highest BCUT2D eigenvalue weighted by molar-refractivity contribution is 14.1. The van der Waals surface area contributed by atoms with Crippen molar-refractivity contribution in [1.29, 1.82) is 0 Å². The van der Waals surface area contributed by atoms with E-state index in [0.717, 1.165) is 49.0 Å². The number of nitrogens with zero attached hydrogens (tertiary/aromatic N) is 10. The predicted molar refractivity (Wildman–Crippen MR) is 587 cm³/mol. The van der Waals surface area contributed by atoms with E-state index in [0.29, 0.717) is 97.8 Å². The maximum Gasteiger partial charge on any atom is 0.288 e. The van der Waals surface area contributed by atoms with E-state index in [2.05, 4.69) is 115 Å². The number of amidine groups is 4. The van der Waals surface area contributed by atoms with Crippen molar-refractivity contribution < 1.29 is 43.2 Å². The minimum atomic E-state index is -1.07. The summed E-state index contributed by atoms with van der Waals surface area (Å²) in [5.41, 5.74) is 34.8. The van der Waals surface area contributed by atoms with Crippen molar-refractivity contribution in [2.75, 3.05) is 5.32 Å². The summed E-state index contributed by atoms with van der Waals surface area (Å²) >= 11 is 50.5. The number of hydrogen-bond acceptors (Lipinski definition) is 17. The summed E-state index contributed by atoms with van der Waals surface area (Å²) in [6.07, 6.45) is 8.59. The monoisotopic (exact) mass is 2260 g/mol. The molecule has 6 heterocycles. The number of imidazole rings is 1. The first kappa shape index (κ1) is 108. The van der Waals surface area contributed by atoms with E-state index in [1.54, 1.807) is 231 Å². The maximum absolute atomic E-state index is 13.1. The molecule has 1 aliphatic heterocycles. The first-order chi connectivity index (χ1) is 71.4. The van der Waals surface area contributed by atoms with Crippen molar-refractivity contribution in [3.63, 3.8) is 0 Å². The number of aromatic nitrogens is 8. The number of aromatic amines is 2. The molecule has 9 amide bonds. The second-order valence-corrected chi connectivity index (χ2v) is 37.9. The van der Waals surface area contributed by atoms with Gasteiger partial charge in [-0.1, -0.05) is 304 Å². The van der Waals surface area contributed by atoms with Gasteiger partial charge in [-0.15, -0.1) is 0 Å². The van der Waals surface area contributed by atoms with Crippen molar-refractivity contribution >= 4 is 231 Å². The van der Waals surface area contributed by atoms with Crippen LogP contribution in [0.15, 0.2) is 366 Å². The Kier molecular flexibility index (Phi) is 38.1. The SMILES string of the molecule is NC(=NC(=O)C(NC(=O)C1CCc2ccccc2N1)c1ccc(Cl)cc1)c1ccccc1.NC(=NC(=O)C(NC(=O)c1ccc2[nH]ncc2c1)c1ccc(Cl)cc1)c1ccccc1.NC(=NC(=O)C(NC(=O)c1cnc(Cl)s1)c1ccc(Cl)cc1)c1ccccc1.NC(=NC(=O)C(NC(=O)c1nc2ccc(I)cc2[nH]1)c1ccc(Cl)cc1)c1ccccc1.O=C(N[C@@H](c1ccc(Cl)cc1)c1ccc(Cl)cn1)c1cncc(Cl)n1. The number of carbonyl (C=O) groups is 9.